The fraction of sp³-hybridized carbons (Fsp3) is 0.471. The van der Waals surface area contributed by atoms with Crippen molar-refractivity contribution in [2.24, 2.45) is 0 Å². The van der Waals surface area contributed by atoms with Crippen molar-refractivity contribution in [3.05, 3.63) is 108 Å². The van der Waals surface area contributed by atoms with Crippen LogP contribution in [0.5, 0.6) is 0 Å². The Bertz CT molecular complexity index is 969. The molecule has 0 saturated carbocycles. The second kappa shape index (κ2) is 17.5. The van der Waals surface area contributed by atoms with Gasteiger partial charge in [-0.2, -0.15) is 0 Å². The molecule has 0 radical (unpaired) electrons. The Labute approximate surface area is 236 Å². The molecular formula is C34H47O4P. The molecule has 0 aliphatic carbocycles. The van der Waals surface area contributed by atoms with E-state index < -0.39 is 7.82 Å². The second-order valence-electron chi connectivity index (χ2n) is 10.7. The molecular weight excluding hydrogens is 503 g/mol. The SMILES string of the molecule is O=P(O)(O)OCCCCCCCCCCCCCCCC(c1ccccc1)(c1ccccc1)c1ccccc1. The van der Waals surface area contributed by atoms with Crippen LogP contribution < -0.4 is 0 Å². The second-order valence-corrected chi connectivity index (χ2v) is 11.9. The summed E-state index contributed by atoms with van der Waals surface area (Å²) in [5.74, 6) is 0. The summed E-state index contributed by atoms with van der Waals surface area (Å²) in [6.45, 7) is 0.149. The topological polar surface area (TPSA) is 66.8 Å². The van der Waals surface area contributed by atoms with Gasteiger partial charge in [-0.1, -0.05) is 168 Å². The molecule has 0 aromatic heterocycles. The molecule has 5 heteroatoms. The highest BCUT2D eigenvalue weighted by molar-refractivity contribution is 7.46. The number of unbranched alkanes of at least 4 members (excludes halogenated alkanes) is 12. The van der Waals surface area contributed by atoms with Gasteiger partial charge in [-0.15, -0.1) is 0 Å². The van der Waals surface area contributed by atoms with Crippen molar-refractivity contribution in [1.82, 2.24) is 0 Å². The van der Waals surface area contributed by atoms with Gasteiger partial charge in [0.05, 0.1) is 6.61 Å². The van der Waals surface area contributed by atoms with Crippen LogP contribution in [0.1, 0.15) is 107 Å². The molecule has 0 bridgehead atoms. The lowest BCUT2D eigenvalue weighted by Gasteiger charge is -2.36. The predicted molar refractivity (Wildman–Crippen MR) is 162 cm³/mol. The third-order valence-electron chi connectivity index (χ3n) is 7.76. The van der Waals surface area contributed by atoms with Gasteiger partial charge in [-0.05, 0) is 29.5 Å². The van der Waals surface area contributed by atoms with Gasteiger partial charge in [0.2, 0.25) is 0 Å². The Morgan fingerprint density at radius 2 is 0.795 bits per heavy atom. The molecule has 0 unspecified atom stereocenters. The summed E-state index contributed by atoms with van der Waals surface area (Å²) in [6, 6.07) is 33.1. The maximum atomic E-state index is 10.6. The van der Waals surface area contributed by atoms with E-state index in [2.05, 4.69) is 95.5 Å². The Balaban J connectivity index is 1.36. The highest BCUT2D eigenvalue weighted by Gasteiger charge is 2.35. The van der Waals surface area contributed by atoms with Crippen molar-refractivity contribution in [3.8, 4) is 0 Å². The molecule has 3 rings (SSSR count). The molecule has 0 fully saturated rings. The number of phosphoric ester groups is 1. The van der Waals surface area contributed by atoms with Crippen LogP contribution in [0.15, 0.2) is 91.0 Å². The molecule has 0 saturated heterocycles. The van der Waals surface area contributed by atoms with E-state index in [4.69, 9.17) is 9.79 Å². The van der Waals surface area contributed by atoms with Crippen molar-refractivity contribution in [2.75, 3.05) is 6.61 Å². The summed E-state index contributed by atoms with van der Waals surface area (Å²) in [4.78, 5) is 17.3. The molecule has 0 amide bonds. The summed E-state index contributed by atoms with van der Waals surface area (Å²) in [5, 5.41) is 0. The molecule has 212 valence electrons. The standard InChI is InChI=1S/C34H47O4P/c35-39(36,37)38-30-22-11-9-7-5-3-1-2-4-6-8-10-21-29-34(31-23-15-12-16-24-31,32-25-17-13-18-26-32)33-27-19-14-20-28-33/h12-20,23-28H,1-11,21-22,29-30H2,(H2,35,36,37). The number of benzene rings is 3. The Hall–Kier alpha value is -2.23. The minimum atomic E-state index is -4.30. The first kappa shape index (κ1) is 31.3. The normalized spacial score (nSPS) is 12.1. The Morgan fingerprint density at radius 3 is 1.13 bits per heavy atom. The van der Waals surface area contributed by atoms with Gasteiger partial charge in [0.1, 0.15) is 0 Å². The lowest BCUT2D eigenvalue weighted by atomic mass is 9.66. The number of rotatable bonds is 20. The van der Waals surface area contributed by atoms with Crippen LogP contribution in [-0.4, -0.2) is 16.4 Å². The van der Waals surface area contributed by atoms with E-state index in [1.165, 1.54) is 80.9 Å². The zero-order valence-electron chi connectivity index (χ0n) is 23.4. The van der Waals surface area contributed by atoms with Crippen LogP contribution in [0.4, 0.5) is 0 Å². The van der Waals surface area contributed by atoms with E-state index in [9.17, 15) is 4.57 Å². The van der Waals surface area contributed by atoms with Crippen LogP contribution in [0, 0.1) is 0 Å². The fourth-order valence-electron chi connectivity index (χ4n) is 5.72. The van der Waals surface area contributed by atoms with E-state index in [0.717, 1.165) is 19.3 Å². The third kappa shape index (κ3) is 11.0. The minimum Gasteiger partial charge on any atom is -0.303 e. The first-order valence-electron chi connectivity index (χ1n) is 14.9. The van der Waals surface area contributed by atoms with Gasteiger partial charge in [0.15, 0.2) is 0 Å². The Kier molecular flexibility index (Phi) is 14.0. The van der Waals surface area contributed by atoms with Gasteiger partial charge in [-0.25, -0.2) is 4.57 Å². The molecule has 0 heterocycles. The fourth-order valence-corrected chi connectivity index (χ4v) is 6.09. The molecule has 0 aliphatic heterocycles. The van der Waals surface area contributed by atoms with Crippen molar-refractivity contribution in [2.45, 2.75) is 95.3 Å². The summed E-state index contributed by atoms with van der Waals surface area (Å²) >= 11 is 0. The van der Waals surface area contributed by atoms with E-state index >= 15 is 0 Å². The largest absolute Gasteiger partial charge is 0.469 e. The molecule has 0 spiro atoms. The van der Waals surface area contributed by atoms with Crippen molar-refractivity contribution in [1.29, 1.82) is 0 Å². The minimum absolute atomic E-state index is 0.128. The first-order valence-corrected chi connectivity index (χ1v) is 16.4. The van der Waals surface area contributed by atoms with Gasteiger partial charge in [0.25, 0.3) is 0 Å². The maximum Gasteiger partial charge on any atom is 0.469 e. The van der Waals surface area contributed by atoms with Crippen LogP contribution in [-0.2, 0) is 14.5 Å². The molecule has 39 heavy (non-hydrogen) atoms. The first-order chi connectivity index (χ1) is 19.0. The highest BCUT2D eigenvalue weighted by atomic mass is 31.2. The number of phosphoric acid groups is 1. The van der Waals surface area contributed by atoms with Gasteiger partial charge in [0, 0.05) is 5.41 Å². The van der Waals surface area contributed by atoms with Gasteiger partial charge >= 0.3 is 7.82 Å². The van der Waals surface area contributed by atoms with E-state index in [1.54, 1.807) is 0 Å². The summed E-state index contributed by atoms with van der Waals surface area (Å²) in [7, 11) is -4.30. The molecule has 4 nitrogen and oxygen atoms in total. The van der Waals surface area contributed by atoms with Crippen LogP contribution in [0.25, 0.3) is 0 Å². The van der Waals surface area contributed by atoms with E-state index in [-0.39, 0.29) is 12.0 Å². The zero-order chi connectivity index (χ0) is 27.7. The van der Waals surface area contributed by atoms with Crippen molar-refractivity contribution >= 4 is 7.82 Å². The monoisotopic (exact) mass is 550 g/mol. The lowest BCUT2D eigenvalue weighted by molar-refractivity contribution is 0.193. The summed E-state index contributed by atoms with van der Waals surface area (Å²) in [6.07, 6.45) is 16.7. The van der Waals surface area contributed by atoms with Crippen LogP contribution in [0.3, 0.4) is 0 Å². The highest BCUT2D eigenvalue weighted by Crippen LogP contribution is 2.43. The maximum absolute atomic E-state index is 10.6. The average Bonchev–Trinajstić information content (AvgIpc) is 2.96. The molecule has 0 atom stereocenters. The molecule has 0 aliphatic rings. The van der Waals surface area contributed by atoms with Crippen LogP contribution >= 0.6 is 7.82 Å². The zero-order valence-corrected chi connectivity index (χ0v) is 24.3. The van der Waals surface area contributed by atoms with Crippen molar-refractivity contribution in [3.63, 3.8) is 0 Å². The van der Waals surface area contributed by atoms with E-state index in [0.29, 0.717) is 6.42 Å². The quantitative estimate of drug-likeness (QED) is 0.0835. The lowest BCUT2D eigenvalue weighted by Crippen LogP contribution is -2.29. The van der Waals surface area contributed by atoms with Crippen molar-refractivity contribution < 1.29 is 18.9 Å². The van der Waals surface area contributed by atoms with E-state index in [1.807, 2.05) is 0 Å². The summed E-state index contributed by atoms with van der Waals surface area (Å²) < 4.78 is 15.1. The molecule has 3 aromatic rings. The van der Waals surface area contributed by atoms with Gasteiger partial charge in [-0.3, -0.25) is 4.52 Å². The van der Waals surface area contributed by atoms with Crippen LogP contribution in [0.2, 0.25) is 0 Å². The molecule has 3 aromatic carbocycles. The Morgan fingerprint density at radius 1 is 0.487 bits per heavy atom. The predicted octanol–water partition coefficient (Wildman–Crippen LogP) is 9.59. The average molecular weight is 551 g/mol. The van der Waals surface area contributed by atoms with Gasteiger partial charge < -0.3 is 9.79 Å². The smallest absolute Gasteiger partial charge is 0.303 e. The third-order valence-corrected chi connectivity index (χ3v) is 8.27. The number of hydrogen-bond donors (Lipinski definition) is 2. The number of hydrogen-bond acceptors (Lipinski definition) is 2. The molecule has 2 N–H and O–H groups in total. The summed E-state index contributed by atoms with van der Waals surface area (Å²) in [5.41, 5.74) is 3.99.